The van der Waals surface area contributed by atoms with Crippen LogP contribution in [0.15, 0.2) is 65.6 Å². The first-order chi connectivity index (χ1) is 20.1. The Morgan fingerprint density at radius 1 is 1.02 bits per heavy atom. The van der Waals surface area contributed by atoms with Crippen LogP contribution in [-0.2, 0) is 32.9 Å². The van der Waals surface area contributed by atoms with Gasteiger partial charge in [0.2, 0.25) is 4.93 Å². The van der Waals surface area contributed by atoms with E-state index >= 15 is 0 Å². The summed E-state index contributed by atoms with van der Waals surface area (Å²) in [5, 5.41) is 11.8. The van der Waals surface area contributed by atoms with Gasteiger partial charge in [0.05, 0.1) is 25.4 Å². The minimum atomic E-state index is -2.48. The molecular formula is C32H44O9SSi. The largest absolute Gasteiger partial charge is 0.466 e. The Bertz CT molecular complexity index is 1250. The summed E-state index contributed by atoms with van der Waals surface area (Å²) in [5.41, 5.74) is 0.322. The summed E-state index contributed by atoms with van der Waals surface area (Å²) in [7, 11) is -1.18. The molecule has 236 valence electrons. The maximum atomic E-state index is 13.7. The highest BCUT2D eigenvalue weighted by Gasteiger charge is 2.59. The lowest BCUT2D eigenvalue weighted by Gasteiger charge is -2.50. The lowest BCUT2D eigenvalue weighted by molar-refractivity contribution is -0.233. The van der Waals surface area contributed by atoms with Crippen LogP contribution in [0.3, 0.4) is 0 Å². The van der Waals surface area contributed by atoms with Crippen LogP contribution in [0.4, 0.5) is 0 Å². The molecule has 2 saturated heterocycles. The van der Waals surface area contributed by atoms with Crippen molar-refractivity contribution in [2.75, 3.05) is 13.7 Å². The molecule has 1 N–H and O–H groups in total. The van der Waals surface area contributed by atoms with Crippen LogP contribution in [0.1, 0.15) is 51.4 Å². The molecule has 0 spiro atoms. The molecule has 43 heavy (non-hydrogen) atoms. The van der Waals surface area contributed by atoms with Crippen LogP contribution in [0.25, 0.3) is 0 Å². The van der Waals surface area contributed by atoms with Crippen molar-refractivity contribution in [2.45, 2.75) is 105 Å². The highest BCUT2D eigenvalue weighted by atomic mass is 32.2. The highest BCUT2D eigenvalue weighted by molar-refractivity contribution is 8.01. The number of methoxy groups -OCH3 is 1. The molecule has 2 aliphatic heterocycles. The predicted molar refractivity (Wildman–Crippen MR) is 165 cm³/mol. The number of thioether (sulfide) groups is 1. The van der Waals surface area contributed by atoms with E-state index in [1.165, 1.54) is 18.9 Å². The number of esters is 2. The van der Waals surface area contributed by atoms with Gasteiger partial charge in [-0.25, -0.2) is 9.59 Å². The Balaban J connectivity index is 1.81. The molecule has 0 aliphatic carbocycles. The molecule has 0 bridgehead atoms. The lowest BCUT2D eigenvalue weighted by Crippen LogP contribution is -2.65. The molecule has 0 unspecified atom stereocenters. The predicted octanol–water partition coefficient (Wildman–Crippen LogP) is 5.57. The Morgan fingerprint density at radius 2 is 1.63 bits per heavy atom. The number of hydrogen-bond donors (Lipinski definition) is 1. The number of rotatable bonds is 9. The third-order valence-corrected chi connectivity index (χ3v) is 14.0. The van der Waals surface area contributed by atoms with Crippen molar-refractivity contribution in [3.63, 3.8) is 0 Å². The molecule has 2 fully saturated rings. The van der Waals surface area contributed by atoms with Gasteiger partial charge in [-0.05, 0) is 56.2 Å². The van der Waals surface area contributed by atoms with Gasteiger partial charge in [0.25, 0.3) is 0 Å². The zero-order valence-corrected chi connectivity index (χ0v) is 28.0. The van der Waals surface area contributed by atoms with Crippen LogP contribution in [0.2, 0.25) is 18.1 Å². The fourth-order valence-electron chi connectivity index (χ4n) is 4.93. The molecular weight excluding hydrogens is 588 g/mol. The number of aliphatic hydroxyl groups excluding tert-OH is 1. The van der Waals surface area contributed by atoms with E-state index in [0.717, 1.165) is 4.90 Å². The van der Waals surface area contributed by atoms with E-state index in [1.807, 2.05) is 30.3 Å². The third kappa shape index (κ3) is 7.70. The molecule has 2 aromatic carbocycles. The van der Waals surface area contributed by atoms with Crippen LogP contribution in [-0.4, -0.2) is 80.3 Å². The quantitative estimate of drug-likeness (QED) is 0.279. The molecule has 11 heteroatoms. The van der Waals surface area contributed by atoms with Gasteiger partial charge in [-0.3, -0.25) is 0 Å². The van der Waals surface area contributed by atoms with Gasteiger partial charge >= 0.3 is 11.9 Å². The second-order valence-electron chi connectivity index (χ2n) is 13.0. The van der Waals surface area contributed by atoms with Crippen molar-refractivity contribution in [3.8, 4) is 0 Å². The summed E-state index contributed by atoms with van der Waals surface area (Å²) in [6, 6.07) is 17.9. The summed E-state index contributed by atoms with van der Waals surface area (Å²) >= 11 is 1.18. The van der Waals surface area contributed by atoms with Gasteiger partial charge < -0.3 is 33.2 Å². The Labute approximate surface area is 259 Å². The maximum Gasteiger partial charge on any atom is 0.349 e. The third-order valence-electron chi connectivity index (χ3n) is 8.26. The number of benzene rings is 2. The number of carbonyl (C=O) groups excluding carboxylic acids is 2. The SMILES string of the molecule is COC(=O)[C@]1(Sc2ccccc2)C[C@H](O[Si](C)(C)C(C)(C)C)[C@@H](O)[C@H]([C@H](OC(=O)c2ccccc2)[C@H]2COC(C)(C)O2)O1. The Hall–Kier alpha value is -2.25. The van der Waals surface area contributed by atoms with Crippen molar-refractivity contribution < 1.29 is 42.8 Å². The van der Waals surface area contributed by atoms with Gasteiger partial charge in [0.1, 0.15) is 18.3 Å². The summed E-state index contributed by atoms with van der Waals surface area (Å²) < 4.78 is 36.8. The first-order valence-electron chi connectivity index (χ1n) is 14.5. The summed E-state index contributed by atoms with van der Waals surface area (Å²) in [4.78, 5) is 26.2. The molecule has 0 saturated carbocycles. The minimum absolute atomic E-state index is 0.0102. The maximum absolute atomic E-state index is 13.7. The first-order valence-corrected chi connectivity index (χ1v) is 18.2. The molecule has 2 aromatic rings. The van der Waals surface area contributed by atoms with Crippen LogP contribution >= 0.6 is 11.8 Å². The van der Waals surface area contributed by atoms with Crippen molar-refractivity contribution in [2.24, 2.45) is 0 Å². The van der Waals surface area contributed by atoms with Crippen LogP contribution in [0.5, 0.6) is 0 Å². The monoisotopic (exact) mass is 632 g/mol. The molecule has 9 nitrogen and oxygen atoms in total. The number of aliphatic hydroxyl groups is 1. The first kappa shape index (κ1) is 33.6. The zero-order chi connectivity index (χ0) is 31.6. The lowest BCUT2D eigenvalue weighted by atomic mass is 9.92. The van der Waals surface area contributed by atoms with E-state index in [-0.39, 0.29) is 18.1 Å². The van der Waals surface area contributed by atoms with E-state index in [0.29, 0.717) is 5.56 Å². The average molecular weight is 633 g/mol. The van der Waals surface area contributed by atoms with Gasteiger partial charge in [-0.2, -0.15) is 0 Å². The molecule has 0 amide bonds. The van der Waals surface area contributed by atoms with Crippen molar-refractivity contribution in [3.05, 3.63) is 66.2 Å². The van der Waals surface area contributed by atoms with Crippen molar-refractivity contribution in [1.82, 2.24) is 0 Å². The Kier molecular flexibility index (Phi) is 10.2. The fourth-order valence-corrected chi connectivity index (χ4v) is 7.51. The zero-order valence-electron chi connectivity index (χ0n) is 26.2. The second kappa shape index (κ2) is 13.0. The molecule has 0 aromatic heterocycles. The second-order valence-corrected chi connectivity index (χ2v) is 19.0. The van der Waals surface area contributed by atoms with Gasteiger partial charge in [0, 0.05) is 11.3 Å². The number of ether oxygens (including phenoxy) is 5. The smallest absolute Gasteiger partial charge is 0.349 e. The fraction of sp³-hybridized carbons (Fsp3) is 0.562. The summed E-state index contributed by atoms with van der Waals surface area (Å²) in [6.45, 7) is 14.1. The normalized spacial score (nSPS) is 28.2. The molecule has 4 rings (SSSR count). The van der Waals surface area contributed by atoms with Crippen molar-refractivity contribution >= 4 is 32.0 Å². The molecule has 6 atom stereocenters. The topological polar surface area (TPSA) is 110 Å². The van der Waals surface area contributed by atoms with E-state index in [4.69, 9.17) is 28.1 Å². The van der Waals surface area contributed by atoms with E-state index < -0.39 is 61.5 Å². The van der Waals surface area contributed by atoms with Crippen molar-refractivity contribution in [1.29, 1.82) is 0 Å². The minimum Gasteiger partial charge on any atom is -0.466 e. The standard InChI is InChI=1S/C32H44O9SSi/c1-30(2,3)43(7,8)41-23-19-32(29(35)36-6,42-22-17-13-10-14-18-22)40-27(25(23)33)26(24-20-37-31(4,5)39-24)38-28(34)21-15-11-9-12-16-21/h9-18,23-27,33H,19-20H2,1-8H3/t23-,24+,25+,26+,27+,32+/m0/s1. The summed E-state index contributed by atoms with van der Waals surface area (Å²) in [5.74, 6) is -2.22. The highest BCUT2D eigenvalue weighted by Crippen LogP contribution is 2.48. The average Bonchev–Trinajstić information content (AvgIpc) is 3.32. The molecule has 0 radical (unpaired) electrons. The van der Waals surface area contributed by atoms with E-state index in [9.17, 15) is 14.7 Å². The number of carbonyl (C=O) groups is 2. The number of hydrogen-bond acceptors (Lipinski definition) is 10. The van der Waals surface area contributed by atoms with E-state index in [1.54, 1.807) is 44.2 Å². The molecule has 2 aliphatic rings. The summed E-state index contributed by atoms with van der Waals surface area (Å²) in [6.07, 6.45) is -5.29. The van der Waals surface area contributed by atoms with Gasteiger partial charge in [-0.15, -0.1) is 0 Å². The van der Waals surface area contributed by atoms with Gasteiger partial charge in [0.15, 0.2) is 20.2 Å². The van der Waals surface area contributed by atoms with E-state index in [2.05, 4.69) is 33.9 Å². The molecule has 2 heterocycles. The van der Waals surface area contributed by atoms with Gasteiger partial charge in [-0.1, -0.05) is 68.9 Å². The van der Waals surface area contributed by atoms with Crippen LogP contribution < -0.4 is 0 Å². The van der Waals surface area contributed by atoms with Crippen LogP contribution in [0, 0.1) is 0 Å². The Morgan fingerprint density at radius 3 is 2.16 bits per heavy atom.